The molecule has 4 rings (SSSR count). The van der Waals surface area contributed by atoms with Crippen molar-refractivity contribution < 1.29 is 27.8 Å². The zero-order valence-electron chi connectivity index (χ0n) is 19.7. The first kappa shape index (κ1) is 26.6. The number of aryl methyl sites for hydroxylation is 2. The summed E-state index contributed by atoms with van der Waals surface area (Å²) < 4.78 is 51.4. The second-order valence-electron chi connectivity index (χ2n) is 8.53. The van der Waals surface area contributed by atoms with Crippen molar-refractivity contribution in [2.24, 2.45) is 14.1 Å². The zero-order valence-corrected chi connectivity index (χ0v) is 21.2. The van der Waals surface area contributed by atoms with Crippen molar-refractivity contribution in [3.8, 4) is 11.5 Å². The third-order valence-electron chi connectivity index (χ3n) is 6.28. The Morgan fingerprint density at radius 1 is 1.05 bits per heavy atom. The van der Waals surface area contributed by atoms with Crippen LogP contribution in [0.4, 0.5) is 13.2 Å². The minimum absolute atomic E-state index is 0.00988. The van der Waals surface area contributed by atoms with E-state index in [9.17, 15) is 27.9 Å². The minimum Gasteiger partial charge on any atom is -0.478 e. The molecule has 0 bridgehead atoms. The van der Waals surface area contributed by atoms with Gasteiger partial charge in [0.25, 0.3) is 0 Å². The van der Waals surface area contributed by atoms with E-state index in [1.54, 1.807) is 7.05 Å². The van der Waals surface area contributed by atoms with Crippen LogP contribution < -0.4 is 10.4 Å². The second kappa shape index (κ2) is 9.75. The van der Waals surface area contributed by atoms with Crippen molar-refractivity contribution >= 4 is 40.2 Å². The maximum atomic E-state index is 14.4. The van der Waals surface area contributed by atoms with Gasteiger partial charge in [-0.1, -0.05) is 42.3 Å². The first-order valence-electron chi connectivity index (χ1n) is 10.9. The Kier molecular flexibility index (Phi) is 7.00. The molecule has 2 atom stereocenters. The Hall–Kier alpha value is -3.50. The van der Waals surface area contributed by atoms with Crippen LogP contribution in [0.5, 0.6) is 11.5 Å². The lowest BCUT2D eigenvalue weighted by Gasteiger charge is -2.28. The molecule has 37 heavy (non-hydrogen) atoms. The highest BCUT2D eigenvalue weighted by Crippen LogP contribution is 2.47. The number of imidazole rings is 1. The van der Waals surface area contributed by atoms with Crippen molar-refractivity contribution in [1.82, 2.24) is 14.1 Å². The summed E-state index contributed by atoms with van der Waals surface area (Å²) in [6, 6.07) is 9.49. The number of carboxylic acids is 1. The molecular formula is C25H20Cl2F3N3O4. The molecular weight excluding hydrogens is 534 g/mol. The molecule has 0 spiro atoms. The van der Waals surface area contributed by atoms with Crippen LogP contribution in [0.25, 0.3) is 11.0 Å². The quantitative estimate of drug-likeness (QED) is 0.275. The van der Waals surface area contributed by atoms with Gasteiger partial charge in [0.1, 0.15) is 11.3 Å². The first-order chi connectivity index (χ1) is 17.3. The van der Waals surface area contributed by atoms with E-state index < -0.39 is 24.0 Å². The number of nitrogens with zero attached hydrogens (tertiary/aromatic N) is 3. The van der Waals surface area contributed by atoms with E-state index in [4.69, 9.17) is 27.9 Å². The summed E-state index contributed by atoms with van der Waals surface area (Å²) in [7, 11) is 3.05. The van der Waals surface area contributed by atoms with Crippen molar-refractivity contribution in [2.75, 3.05) is 0 Å². The van der Waals surface area contributed by atoms with E-state index in [0.717, 1.165) is 0 Å². The fourth-order valence-corrected chi connectivity index (χ4v) is 4.94. The van der Waals surface area contributed by atoms with E-state index in [1.165, 1.54) is 71.8 Å². The zero-order chi connectivity index (χ0) is 27.2. The molecule has 2 unspecified atom stereocenters. The molecule has 2 aromatic carbocycles. The molecule has 2 heterocycles. The number of rotatable bonds is 6. The maximum Gasteiger partial charge on any atom is 0.396 e. The molecule has 12 heteroatoms. The number of carboxylic acid groups (broad SMARTS) is 1. The van der Waals surface area contributed by atoms with Gasteiger partial charge in [0.05, 0.1) is 17.0 Å². The SMILES string of the molecule is CC(c1ccc(Oc2c(C(=O)O)ccnc2Cl)cc1Cl)C(c1ccc2c(c1)n(C)c(=O)n2C)C(F)(F)F. The lowest BCUT2D eigenvalue weighted by Crippen LogP contribution is -2.26. The Morgan fingerprint density at radius 3 is 2.35 bits per heavy atom. The number of ether oxygens (including phenoxy) is 1. The molecule has 0 saturated carbocycles. The van der Waals surface area contributed by atoms with E-state index >= 15 is 0 Å². The van der Waals surface area contributed by atoms with Gasteiger partial charge in [0, 0.05) is 25.3 Å². The molecule has 1 N–H and O–H groups in total. The molecule has 0 fully saturated rings. The first-order valence-corrected chi connectivity index (χ1v) is 11.6. The highest BCUT2D eigenvalue weighted by molar-refractivity contribution is 6.32. The van der Waals surface area contributed by atoms with Crippen LogP contribution in [0, 0.1) is 0 Å². The number of carbonyl (C=O) groups is 1. The van der Waals surface area contributed by atoms with E-state index in [1.807, 2.05) is 0 Å². The highest BCUT2D eigenvalue weighted by atomic mass is 35.5. The molecule has 0 saturated heterocycles. The van der Waals surface area contributed by atoms with Crippen LogP contribution >= 0.6 is 23.2 Å². The Balaban J connectivity index is 1.72. The smallest absolute Gasteiger partial charge is 0.396 e. The Labute approximate surface area is 218 Å². The van der Waals surface area contributed by atoms with Gasteiger partial charge in [-0.3, -0.25) is 9.13 Å². The maximum absolute atomic E-state index is 14.4. The number of benzene rings is 2. The van der Waals surface area contributed by atoms with Crippen LogP contribution in [0.2, 0.25) is 10.2 Å². The predicted molar refractivity (Wildman–Crippen MR) is 133 cm³/mol. The van der Waals surface area contributed by atoms with Crippen LogP contribution in [0.1, 0.15) is 40.2 Å². The average Bonchev–Trinajstić information content (AvgIpc) is 3.03. The van der Waals surface area contributed by atoms with Gasteiger partial charge in [-0.2, -0.15) is 13.2 Å². The van der Waals surface area contributed by atoms with Gasteiger partial charge in [0.2, 0.25) is 0 Å². The van der Waals surface area contributed by atoms with Gasteiger partial charge in [-0.15, -0.1) is 0 Å². The number of alkyl halides is 3. The Bertz CT molecular complexity index is 1580. The van der Waals surface area contributed by atoms with E-state index in [0.29, 0.717) is 11.0 Å². The molecule has 7 nitrogen and oxygen atoms in total. The third-order valence-corrected chi connectivity index (χ3v) is 6.88. The summed E-state index contributed by atoms with van der Waals surface area (Å²) in [5, 5.41) is 9.16. The molecule has 4 aromatic rings. The van der Waals surface area contributed by atoms with Crippen LogP contribution in [0.15, 0.2) is 53.5 Å². The van der Waals surface area contributed by atoms with E-state index in [-0.39, 0.29) is 44.1 Å². The lowest BCUT2D eigenvalue weighted by atomic mass is 9.82. The topological polar surface area (TPSA) is 86.3 Å². The van der Waals surface area contributed by atoms with Gasteiger partial charge in [0.15, 0.2) is 10.9 Å². The minimum atomic E-state index is -4.63. The molecule has 2 aromatic heterocycles. The van der Waals surface area contributed by atoms with Gasteiger partial charge in [-0.25, -0.2) is 14.6 Å². The molecule has 0 aliphatic rings. The summed E-state index contributed by atoms with van der Waals surface area (Å²) in [5.74, 6) is -4.48. The van der Waals surface area contributed by atoms with Crippen molar-refractivity contribution in [3.63, 3.8) is 0 Å². The fourth-order valence-electron chi connectivity index (χ4n) is 4.40. The number of hydrogen-bond acceptors (Lipinski definition) is 4. The number of aromatic carboxylic acids is 1. The van der Waals surface area contributed by atoms with Crippen molar-refractivity contribution in [2.45, 2.75) is 24.9 Å². The average molecular weight is 554 g/mol. The van der Waals surface area contributed by atoms with Crippen LogP contribution in [0.3, 0.4) is 0 Å². The standard InChI is InChI=1S/C25H20Cl2F3N3O4/c1-12(20(25(28,29)30)13-4-7-18-19(10-13)33(3)24(36)32(18)2)15-6-5-14(11-17(15)26)37-21-16(23(34)35)8-9-31-22(21)27/h4-12,20H,1-3H3,(H,34,35). The number of aromatic nitrogens is 3. The summed E-state index contributed by atoms with van der Waals surface area (Å²) in [6.45, 7) is 1.41. The summed E-state index contributed by atoms with van der Waals surface area (Å²) in [4.78, 5) is 27.5. The number of halogens is 5. The molecule has 0 aliphatic heterocycles. The van der Waals surface area contributed by atoms with Gasteiger partial charge < -0.3 is 9.84 Å². The van der Waals surface area contributed by atoms with Crippen molar-refractivity contribution in [3.05, 3.63) is 86.0 Å². The normalized spacial score (nSPS) is 13.5. The highest BCUT2D eigenvalue weighted by Gasteiger charge is 2.45. The largest absolute Gasteiger partial charge is 0.478 e. The predicted octanol–water partition coefficient (Wildman–Crippen LogP) is 6.52. The van der Waals surface area contributed by atoms with Gasteiger partial charge >= 0.3 is 17.8 Å². The number of hydrogen-bond donors (Lipinski definition) is 1. The molecule has 194 valence electrons. The summed E-state index contributed by atoms with van der Waals surface area (Å²) in [6.07, 6.45) is -3.42. The molecule has 0 amide bonds. The van der Waals surface area contributed by atoms with Crippen molar-refractivity contribution in [1.29, 1.82) is 0 Å². The van der Waals surface area contributed by atoms with E-state index in [2.05, 4.69) is 4.98 Å². The monoisotopic (exact) mass is 553 g/mol. The lowest BCUT2D eigenvalue weighted by molar-refractivity contribution is -0.154. The summed E-state index contributed by atoms with van der Waals surface area (Å²) in [5.41, 5.74) is 0.495. The fraction of sp³-hybridized carbons (Fsp3) is 0.240. The summed E-state index contributed by atoms with van der Waals surface area (Å²) >= 11 is 12.4. The number of fused-ring (bicyclic) bond motifs is 1. The third kappa shape index (κ3) is 4.91. The molecule has 0 aliphatic carbocycles. The second-order valence-corrected chi connectivity index (χ2v) is 9.29. The number of pyridine rings is 1. The molecule has 0 radical (unpaired) electrons. The van der Waals surface area contributed by atoms with Crippen LogP contribution in [-0.4, -0.2) is 31.4 Å². The van der Waals surface area contributed by atoms with Crippen LogP contribution in [-0.2, 0) is 14.1 Å². The Morgan fingerprint density at radius 2 is 1.73 bits per heavy atom. The van der Waals surface area contributed by atoms with Gasteiger partial charge in [-0.05, 0) is 47.4 Å².